The fraction of sp³-hybridized carbons (Fsp3) is 0.414. The Morgan fingerprint density at radius 2 is 1.80 bits per heavy atom. The molecule has 11 heteroatoms. The molecule has 2 aliphatic rings. The highest BCUT2D eigenvalue weighted by molar-refractivity contribution is 6.35. The van der Waals surface area contributed by atoms with Crippen molar-refractivity contribution in [2.45, 2.75) is 25.8 Å². The van der Waals surface area contributed by atoms with E-state index in [0.717, 1.165) is 87.7 Å². The van der Waals surface area contributed by atoms with Crippen LogP contribution < -0.4 is 20.3 Å². The number of piperazine rings is 1. The van der Waals surface area contributed by atoms with Gasteiger partial charge in [0.2, 0.25) is 5.88 Å². The molecule has 1 aromatic carbocycles. The summed E-state index contributed by atoms with van der Waals surface area (Å²) in [5.41, 5.74) is 2.63. The molecule has 0 saturated carbocycles. The number of rotatable bonds is 9. The summed E-state index contributed by atoms with van der Waals surface area (Å²) < 4.78 is 6.21. The predicted molar refractivity (Wildman–Crippen MR) is 158 cm³/mol. The van der Waals surface area contributed by atoms with Crippen LogP contribution in [-0.2, 0) is 6.54 Å². The molecule has 4 heterocycles. The Hall–Kier alpha value is -3.11. The summed E-state index contributed by atoms with van der Waals surface area (Å²) >= 11 is 12.6. The molecule has 0 radical (unpaired) electrons. The van der Waals surface area contributed by atoms with Crippen LogP contribution in [0.15, 0.2) is 48.7 Å². The van der Waals surface area contributed by atoms with E-state index >= 15 is 0 Å². The number of anilines is 1. The molecule has 0 unspecified atom stereocenters. The Morgan fingerprint density at radius 1 is 1.05 bits per heavy atom. The van der Waals surface area contributed by atoms with Gasteiger partial charge in [0.25, 0.3) is 0 Å². The first-order valence-electron chi connectivity index (χ1n) is 13.7. The van der Waals surface area contributed by atoms with E-state index in [-0.39, 0.29) is 0 Å². The summed E-state index contributed by atoms with van der Waals surface area (Å²) in [6.07, 6.45) is 3.73. The molecule has 212 valence electrons. The number of nitrogens with one attached hydrogen (secondary N) is 2. The number of likely N-dealkylation sites (tertiary alicyclic amines) is 1. The Labute approximate surface area is 244 Å². The molecule has 2 fully saturated rings. The number of amides is 1. The van der Waals surface area contributed by atoms with Crippen LogP contribution in [0.5, 0.6) is 11.6 Å². The lowest BCUT2D eigenvalue weighted by molar-refractivity contribution is 0.168. The third-order valence-electron chi connectivity index (χ3n) is 7.35. The molecule has 1 amide bonds. The van der Waals surface area contributed by atoms with Gasteiger partial charge in [-0.15, -0.1) is 0 Å². The summed E-state index contributed by atoms with van der Waals surface area (Å²) in [4.78, 5) is 24.8. The second-order valence-electron chi connectivity index (χ2n) is 10.3. The van der Waals surface area contributed by atoms with Crippen LogP contribution in [0.25, 0.3) is 11.3 Å². The summed E-state index contributed by atoms with van der Waals surface area (Å²) in [6, 6.07) is 13.4. The van der Waals surface area contributed by atoms with E-state index < -0.39 is 6.09 Å². The number of piperidine rings is 1. The van der Waals surface area contributed by atoms with Gasteiger partial charge < -0.3 is 25.4 Å². The van der Waals surface area contributed by atoms with Crippen molar-refractivity contribution < 1.29 is 14.6 Å². The van der Waals surface area contributed by atoms with Crippen molar-refractivity contribution in [2.24, 2.45) is 5.92 Å². The Kier molecular flexibility index (Phi) is 9.59. The zero-order valence-electron chi connectivity index (χ0n) is 22.3. The Balaban J connectivity index is 1.31. The number of pyridine rings is 2. The number of halogens is 2. The molecule has 3 N–H and O–H groups in total. The molecule has 0 atom stereocenters. The van der Waals surface area contributed by atoms with Crippen molar-refractivity contribution in [1.29, 1.82) is 0 Å². The first kappa shape index (κ1) is 28.4. The van der Waals surface area contributed by atoms with Gasteiger partial charge in [-0.3, -0.25) is 4.90 Å². The van der Waals surface area contributed by atoms with E-state index in [9.17, 15) is 4.79 Å². The largest absolute Gasteiger partial charge is 0.465 e. The molecule has 0 bridgehead atoms. The molecule has 3 aromatic rings. The van der Waals surface area contributed by atoms with Gasteiger partial charge in [-0.1, -0.05) is 23.2 Å². The van der Waals surface area contributed by atoms with Gasteiger partial charge >= 0.3 is 6.09 Å². The molecule has 2 aliphatic heterocycles. The standard InChI is InChI=1S/C29H34Cl2N6O3/c30-23-15-22(16-24(31)17-23)26-13-21(19-36-9-4-20(5-10-36)3-6-33-29(38)39)14-28(35-26)40-25-1-2-27(34-18-25)37-11-7-32-8-12-37/h1-2,13-18,20,32-33H,3-12,19H2,(H,38,39). The van der Waals surface area contributed by atoms with Crippen molar-refractivity contribution in [3.8, 4) is 22.9 Å². The number of hydrogen-bond acceptors (Lipinski definition) is 7. The number of ether oxygens (including phenoxy) is 1. The van der Waals surface area contributed by atoms with Gasteiger partial charge in [0.05, 0.1) is 11.9 Å². The highest BCUT2D eigenvalue weighted by atomic mass is 35.5. The van der Waals surface area contributed by atoms with E-state index in [2.05, 4.69) is 31.5 Å². The first-order chi connectivity index (χ1) is 19.4. The minimum atomic E-state index is -0.962. The highest BCUT2D eigenvalue weighted by Gasteiger charge is 2.20. The average Bonchev–Trinajstić information content (AvgIpc) is 2.94. The minimum absolute atomic E-state index is 0.481. The van der Waals surface area contributed by atoms with Gasteiger partial charge in [0.1, 0.15) is 11.6 Å². The van der Waals surface area contributed by atoms with Gasteiger partial charge in [0.15, 0.2) is 0 Å². The second-order valence-corrected chi connectivity index (χ2v) is 11.2. The SMILES string of the molecule is O=C(O)NCCC1CCN(Cc2cc(Oc3ccc(N4CCNCC4)nc3)nc(-c3cc(Cl)cc(Cl)c3)c2)CC1. The van der Waals surface area contributed by atoms with Crippen LogP contribution in [0, 0.1) is 5.92 Å². The number of benzene rings is 1. The van der Waals surface area contributed by atoms with Crippen LogP contribution >= 0.6 is 23.2 Å². The Bertz CT molecular complexity index is 1280. The smallest absolute Gasteiger partial charge is 0.404 e. The maximum atomic E-state index is 10.7. The molecular weight excluding hydrogens is 551 g/mol. The molecule has 9 nitrogen and oxygen atoms in total. The maximum absolute atomic E-state index is 10.7. The lowest BCUT2D eigenvalue weighted by Crippen LogP contribution is -2.43. The lowest BCUT2D eigenvalue weighted by atomic mass is 9.93. The molecular formula is C29H34Cl2N6O3. The zero-order valence-corrected chi connectivity index (χ0v) is 23.8. The highest BCUT2D eigenvalue weighted by Crippen LogP contribution is 2.31. The molecule has 40 heavy (non-hydrogen) atoms. The zero-order chi connectivity index (χ0) is 27.9. The van der Waals surface area contributed by atoms with Crippen molar-refractivity contribution >= 4 is 35.1 Å². The average molecular weight is 586 g/mol. The molecule has 0 aliphatic carbocycles. The summed E-state index contributed by atoms with van der Waals surface area (Å²) in [5, 5.41) is 15.7. The molecule has 0 spiro atoms. The van der Waals surface area contributed by atoms with Gasteiger partial charge in [-0.25, -0.2) is 14.8 Å². The van der Waals surface area contributed by atoms with Crippen molar-refractivity contribution in [3.05, 3.63) is 64.3 Å². The maximum Gasteiger partial charge on any atom is 0.404 e. The molecule has 2 aromatic heterocycles. The van der Waals surface area contributed by atoms with Crippen LogP contribution in [0.4, 0.5) is 10.6 Å². The normalized spacial score (nSPS) is 16.6. The van der Waals surface area contributed by atoms with E-state index in [1.165, 1.54) is 0 Å². The second kappa shape index (κ2) is 13.5. The fourth-order valence-corrected chi connectivity index (χ4v) is 5.79. The van der Waals surface area contributed by atoms with Gasteiger partial charge in [-0.05, 0) is 80.2 Å². The number of carboxylic acid groups (broad SMARTS) is 1. The lowest BCUT2D eigenvalue weighted by Gasteiger charge is -2.32. The van der Waals surface area contributed by atoms with Crippen molar-refractivity contribution in [2.75, 3.05) is 50.7 Å². The van der Waals surface area contributed by atoms with Crippen LogP contribution in [0.3, 0.4) is 0 Å². The Morgan fingerprint density at radius 3 is 2.48 bits per heavy atom. The van der Waals surface area contributed by atoms with Crippen LogP contribution in [-0.4, -0.2) is 71.9 Å². The van der Waals surface area contributed by atoms with E-state index in [4.69, 9.17) is 38.0 Å². The number of aromatic nitrogens is 2. The van der Waals surface area contributed by atoms with E-state index in [0.29, 0.717) is 34.1 Å². The van der Waals surface area contributed by atoms with Crippen molar-refractivity contribution in [3.63, 3.8) is 0 Å². The summed E-state index contributed by atoms with van der Waals surface area (Å²) in [6.45, 7) is 6.91. The van der Waals surface area contributed by atoms with E-state index in [1.807, 2.05) is 30.3 Å². The summed E-state index contributed by atoms with van der Waals surface area (Å²) in [7, 11) is 0. The number of hydrogen-bond donors (Lipinski definition) is 3. The predicted octanol–water partition coefficient (Wildman–Crippen LogP) is 5.52. The monoisotopic (exact) mass is 584 g/mol. The summed E-state index contributed by atoms with van der Waals surface area (Å²) in [5.74, 6) is 2.57. The van der Waals surface area contributed by atoms with Crippen molar-refractivity contribution in [1.82, 2.24) is 25.5 Å². The number of carbonyl (C=O) groups is 1. The minimum Gasteiger partial charge on any atom is -0.465 e. The quantitative estimate of drug-likeness (QED) is 0.302. The third-order valence-corrected chi connectivity index (χ3v) is 7.78. The van der Waals surface area contributed by atoms with Crippen LogP contribution in [0.1, 0.15) is 24.8 Å². The van der Waals surface area contributed by atoms with Gasteiger partial charge in [0, 0.05) is 60.9 Å². The van der Waals surface area contributed by atoms with Crippen LogP contribution in [0.2, 0.25) is 10.0 Å². The first-order valence-corrected chi connectivity index (χ1v) is 14.4. The molecule has 2 saturated heterocycles. The topological polar surface area (TPSA) is 103 Å². The third kappa shape index (κ3) is 7.97. The number of nitrogens with zero attached hydrogens (tertiary/aromatic N) is 4. The van der Waals surface area contributed by atoms with Gasteiger partial charge in [-0.2, -0.15) is 0 Å². The van der Waals surface area contributed by atoms with E-state index in [1.54, 1.807) is 12.3 Å². The molecule has 5 rings (SSSR count). The fourth-order valence-electron chi connectivity index (χ4n) is 5.26.